The molecule has 0 spiro atoms. The van der Waals surface area contributed by atoms with Gasteiger partial charge in [-0.15, -0.1) is 0 Å². The molecule has 0 saturated carbocycles. The van der Waals surface area contributed by atoms with Crippen molar-refractivity contribution in [2.24, 2.45) is 0 Å². The van der Waals surface area contributed by atoms with Crippen molar-refractivity contribution < 1.29 is 22.7 Å². The molecule has 0 aliphatic carbocycles. The van der Waals surface area contributed by atoms with E-state index in [2.05, 4.69) is 25.5 Å². The van der Waals surface area contributed by atoms with Crippen molar-refractivity contribution in [2.45, 2.75) is 12.8 Å². The highest BCUT2D eigenvalue weighted by atomic mass is 19.3. The number of morpholine rings is 1. The number of halogens is 3. The van der Waals surface area contributed by atoms with Gasteiger partial charge in [0.2, 0.25) is 11.8 Å². The van der Waals surface area contributed by atoms with Crippen LogP contribution in [0, 0.1) is 12.7 Å². The summed E-state index contributed by atoms with van der Waals surface area (Å²) in [5.41, 5.74) is 0.583. The zero-order valence-electron chi connectivity index (χ0n) is 18.1. The SMILES string of the molecule is Cc1cc(Nc2nc(C(F)(F)c3ccc(F)cc3)nc3ccc(C(=O)N4CCOCC4)n23)n[nH]1. The molecule has 2 N–H and O–H groups in total. The van der Waals surface area contributed by atoms with E-state index in [9.17, 15) is 9.18 Å². The van der Waals surface area contributed by atoms with Gasteiger partial charge < -0.3 is 15.0 Å². The highest BCUT2D eigenvalue weighted by Gasteiger charge is 2.39. The number of ether oxygens (including phenoxy) is 1. The second kappa shape index (κ2) is 8.45. The number of fused-ring (bicyclic) bond motifs is 1. The number of carbonyl (C=O) groups excluding carboxylic acids is 1. The number of anilines is 2. The molecular formula is C22H20F3N7O2. The molecule has 176 valence electrons. The standard InChI is InChI=1S/C22H20F3N7O2/c1-13-12-17(30-29-13)26-21-28-20(22(24,25)14-2-4-15(23)5-3-14)27-18-7-6-16(32(18)21)19(33)31-8-10-34-11-9-31/h2-7,12H,8-11H2,1H3,(H2,26,27,28,29,30). The number of amides is 1. The van der Waals surface area contributed by atoms with E-state index in [-0.39, 0.29) is 23.2 Å². The summed E-state index contributed by atoms with van der Waals surface area (Å²) < 4.78 is 50.6. The molecule has 0 unspecified atom stereocenters. The Morgan fingerprint density at radius 1 is 1.12 bits per heavy atom. The zero-order chi connectivity index (χ0) is 23.9. The van der Waals surface area contributed by atoms with Crippen molar-refractivity contribution in [3.8, 4) is 0 Å². The van der Waals surface area contributed by atoms with Gasteiger partial charge in [-0.3, -0.25) is 14.3 Å². The number of carbonyl (C=O) groups is 1. The normalized spacial score (nSPS) is 14.5. The van der Waals surface area contributed by atoms with Gasteiger partial charge in [0.1, 0.15) is 17.2 Å². The first kappa shape index (κ1) is 21.9. The molecule has 4 aromatic rings. The van der Waals surface area contributed by atoms with Gasteiger partial charge >= 0.3 is 5.92 Å². The van der Waals surface area contributed by atoms with Gasteiger partial charge in [0, 0.05) is 30.4 Å². The van der Waals surface area contributed by atoms with Crippen LogP contribution < -0.4 is 5.32 Å². The lowest BCUT2D eigenvalue weighted by molar-refractivity contribution is 0.0298. The van der Waals surface area contributed by atoms with Crippen LogP contribution in [0.4, 0.5) is 24.9 Å². The van der Waals surface area contributed by atoms with Gasteiger partial charge in [-0.25, -0.2) is 9.37 Å². The number of H-pyrrole nitrogens is 1. The Hall–Kier alpha value is -3.93. The fourth-order valence-electron chi connectivity index (χ4n) is 3.72. The number of alkyl halides is 2. The maximum Gasteiger partial charge on any atom is 0.331 e. The summed E-state index contributed by atoms with van der Waals surface area (Å²) in [6.07, 6.45) is 0. The molecule has 1 aliphatic rings. The van der Waals surface area contributed by atoms with E-state index in [1.807, 2.05) is 0 Å². The van der Waals surface area contributed by atoms with E-state index in [0.29, 0.717) is 32.1 Å². The topological polar surface area (TPSA) is 100 Å². The predicted octanol–water partition coefficient (Wildman–Crippen LogP) is 3.26. The summed E-state index contributed by atoms with van der Waals surface area (Å²) >= 11 is 0. The fourth-order valence-corrected chi connectivity index (χ4v) is 3.72. The summed E-state index contributed by atoms with van der Waals surface area (Å²) in [6.45, 7) is 3.43. The average molecular weight is 471 g/mol. The summed E-state index contributed by atoms with van der Waals surface area (Å²) in [7, 11) is 0. The Morgan fingerprint density at radius 2 is 1.85 bits per heavy atom. The Labute approximate surface area is 191 Å². The third-order valence-electron chi connectivity index (χ3n) is 5.46. The molecule has 34 heavy (non-hydrogen) atoms. The number of hydrogen-bond acceptors (Lipinski definition) is 6. The Kier molecular flexibility index (Phi) is 5.44. The third kappa shape index (κ3) is 3.96. The van der Waals surface area contributed by atoms with Gasteiger partial charge in [-0.2, -0.15) is 18.9 Å². The lowest BCUT2D eigenvalue weighted by Gasteiger charge is -2.27. The first-order chi connectivity index (χ1) is 16.3. The minimum absolute atomic E-state index is 0.0603. The van der Waals surface area contributed by atoms with Crippen molar-refractivity contribution in [1.82, 2.24) is 29.5 Å². The van der Waals surface area contributed by atoms with E-state index in [1.54, 1.807) is 17.9 Å². The Morgan fingerprint density at radius 3 is 2.53 bits per heavy atom. The van der Waals surface area contributed by atoms with E-state index in [0.717, 1.165) is 30.0 Å². The highest BCUT2D eigenvalue weighted by molar-refractivity contribution is 5.94. The van der Waals surface area contributed by atoms with E-state index < -0.39 is 23.1 Å². The monoisotopic (exact) mass is 471 g/mol. The molecule has 5 rings (SSSR count). The maximum absolute atomic E-state index is 15.3. The van der Waals surface area contributed by atoms with Crippen molar-refractivity contribution >= 4 is 23.3 Å². The lowest BCUT2D eigenvalue weighted by atomic mass is 10.1. The Balaban J connectivity index is 1.63. The molecule has 9 nitrogen and oxygen atoms in total. The molecule has 3 aromatic heterocycles. The molecule has 1 aliphatic heterocycles. The molecule has 4 heterocycles. The number of nitrogens with one attached hydrogen (secondary N) is 2. The van der Waals surface area contributed by atoms with Crippen molar-refractivity contribution in [1.29, 1.82) is 0 Å². The molecule has 1 saturated heterocycles. The van der Waals surface area contributed by atoms with Crippen LogP contribution in [0.2, 0.25) is 0 Å². The van der Waals surface area contributed by atoms with Gasteiger partial charge in [-0.05, 0) is 43.3 Å². The predicted molar refractivity (Wildman–Crippen MR) is 116 cm³/mol. The molecule has 12 heteroatoms. The van der Waals surface area contributed by atoms with E-state index in [1.165, 1.54) is 16.5 Å². The number of benzene rings is 1. The van der Waals surface area contributed by atoms with Crippen molar-refractivity contribution in [3.05, 3.63) is 71.1 Å². The van der Waals surface area contributed by atoms with Crippen LogP contribution in [-0.4, -0.2) is 61.7 Å². The van der Waals surface area contributed by atoms with Crippen LogP contribution >= 0.6 is 0 Å². The van der Waals surface area contributed by atoms with Gasteiger partial charge in [0.05, 0.1) is 13.2 Å². The Bertz CT molecular complexity index is 1340. The molecule has 0 atom stereocenters. The second-order valence-electron chi connectivity index (χ2n) is 7.83. The summed E-state index contributed by atoms with van der Waals surface area (Å²) in [5, 5.41) is 9.74. The highest BCUT2D eigenvalue weighted by Crippen LogP contribution is 2.35. The third-order valence-corrected chi connectivity index (χ3v) is 5.46. The number of aryl methyl sites for hydroxylation is 1. The van der Waals surface area contributed by atoms with Crippen LogP contribution in [0.5, 0.6) is 0 Å². The number of nitrogens with zero attached hydrogens (tertiary/aromatic N) is 5. The van der Waals surface area contributed by atoms with E-state index >= 15 is 8.78 Å². The van der Waals surface area contributed by atoms with Crippen LogP contribution in [0.3, 0.4) is 0 Å². The molecule has 1 fully saturated rings. The number of aromatic amines is 1. The maximum atomic E-state index is 15.3. The summed E-state index contributed by atoms with van der Waals surface area (Å²) in [5.74, 6) is -5.09. The van der Waals surface area contributed by atoms with Crippen LogP contribution in [0.1, 0.15) is 27.6 Å². The zero-order valence-corrected chi connectivity index (χ0v) is 18.1. The van der Waals surface area contributed by atoms with Gasteiger partial charge in [0.15, 0.2) is 5.82 Å². The first-order valence-corrected chi connectivity index (χ1v) is 10.5. The first-order valence-electron chi connectivity index (χ1n) is 10.5. The van der Waals surface area contributed by atoms with Crippen molar-refractivity contribution in [2.75, 3.05) is 31.6 Å². The molecular weight excluding hydrogens is 451 g/mol. The largest absolute Gasteiger partial charge is 0.378 e. The van der Waals surface area contributed by atoms with Crippen molar-refractivity contribution in [3.63, 3.8) is 0 Å². The number of hydrogen-bond donors (Lipinski definition) is 2. The van der Waals surface area contributed by atoms with Crippen LogP contribution in [-0.2, 0) is 10.7 Å². The quantitative estimate of drug-likeness (QED) is 0.464. The van der Waals surface area contributed by atoms with E-state index in [4.69, 9.17) is 4.74 Å². The van der Waals surface area contributed by atoms with Crippen LogP contribution in [0.25, 0.3) is 5.65 Å². The molecule has 1 amide bonds. The second-order valence-corrected chi connectivity index (χ2v) is 7.83. The average Bonchev–Trinajstić information content (AvgIpc) is 3.45. The smallest absolute Gasteiger partial charge is 0.331 e. The summed E-state index contributed by atoms with van der Waals surface area (Å²) in [6, 6.07) is 8.52. The fraction of sp³-hybridized carbons (Fsp3) is 0.273. The van der Waals surface area contributed by atoms with Crippen LogP contribution in [0.15, 0.2) is 42.5 Å². The minimum atomic E-state index is -3.62. The lowest BCUT2D eigenvalue weighted by Crippen LogP contribution is -2.41. The van der Waals surface area contributed by atoms with Gasteiger partial charge in [0.25, 0.3) is 5.91 Å². The summed E-state index contributed by atoms with van der Waals surface area (Å²) in [4.78, 5) is 22.9. The molecule has 0 bridgehead atoms. The number of aromatic nitrogens is 5. The molecule has 0 radical (unpaired) electrons. The van der Waals surface area contributed by atoms with Gasteiger partial charge in [-0.1, -0.05) is 0 Å². The number of rotatable bonds is 5. The minimum Gasteiger partial charge on any atom is -0.378 e. The molecule has 1 aromatic carbocycles.